The van der Waals surface area contributed by atoms with E-state index in [4.69, 9.17) is 9.41 Å². The largest absolute Gasteiger partial charge is 0.464 e. The average molecular weight is 335 g/mol. The van der Waals surface area contributed by atoms with Gasteiger partial charge in [0.25, 0.3) is 0 Å². The van der Waals surface area contributed by atoms with Gasteiger partial charge < -0.3 is 20.0 Å². The lowest BCUT2D eigenvalue weighted by Crippen LogP contribution is -2.39. The molecule has 1 aliphatic rings. The third-order valence-electron chi connectivity index (χ3n) is 4.85. The van der Waals surface area contributed by atoms with Crippen molar-refractivity contribution in [1.82, 2.24) is 15.5 Å². The maximum atomic E-state index is 5.69. The molecular weight excluding hydrogens is 300 g/mol. The summed E-state index contributed by atoms with van der Waals surface area (Å²) in [7, 11) is 0. The average Bonchev–Trinajstić information content (AvgIpc) is 3.02. The van der Waals surface area contributed by atoms with Gasteiger partial charge in [0.1, 0.15) is 11.5 Å². The Hall–Kier alpha value is -1.49. The molecule has 0 bridgehead atoms. The van der Waals surface area contributed by atoms with E-state index in [9.17, 15) is 0 Å². The van der Waals surface area contributed by atoms with Crippen molar-refractivity contribution in [1.29, 1.82) is 0 Å². The molecule has 1 aromatic rings. The van der Waals surface area contributed by atoms with Crippen LogP contribution >= 0.6 is 0 Å². The van der Waals surface area contributed by atoms with Gasteiger partial charge in [0.05, 0.1) is 6.04 Å². The van der Waals surface area contributed by atoms with Crippen LogP contribution in [0.2, 0.25) is 0 Å². The minimum absolute atomic E-state index is 0.115. The topological polar surface area (TPSA) is 52.8 Å². The molecule has 0 aliphatic carbocycles. The summed E-state index contributed by atoms with van der Waals surface area (Å²) in [6.07, 6.45) is 3.81. The summed E-state index contributed by atoms with van der Waals surface area (Å²) >= 11 is 0. The SMILES string of the molecule is CCNC(=NCCC1CCN(CC)CC1)NC(C)c1ccc(C)o1. The maximum Gasteiger partial charge on any atom is 0.191 e. The van der Waals surface area contributed by atoms with E-state index in [1.165, 1.54) is 38.9 Å². The zero-order valence-electron chi connectivity index (χ0n) is 15.8. The first-order chi connectivity index (χ1) is 11.6. The maximum absolute atomic E-state index is 5.69. The molecule has 1 aromatic heterocycles. The molecule has 1 unspecified atom stereocenters. The fraction of sp³-hybridized carbons (Fsp3) is 0.737. The van der Waals surface area contributed by atoms with E-state index in [2.05, 4.69) is 36.3 Å². The highest BCUT2D eigenvalue weighted by Crippen LogP contribution is 2.20. The summed E-state index contributed by atoms with van der Waals surface area (Å²) in [6.45, 7) is 13.9. The lowest BCUT2D eigenvalue weighted by atomic mass is 9.94. The summed E-state index contributed by atoms with van der Waals surface area (Å²) in [5, 5.41) is 6.77. The summed E-state index contributed by atoms with van der Waals surface area (Å²) in [5.41, 5.74) is 0. The first kappa shape index (κ1) is 18.8. The molecule has 1 atom stereocenters. The van der Waals surface area contributed by atoms with E-state index in [-0.39, 0.29) is 6.04 Å². The van der Waals surface area contributed by atoms with Crippen molar-refractivity contribution in [3.05, 3.63) is 23.7 Å². The number of guanidine groups is 1. The first-order valence-corrected chi connectivity index (χ1v) is 9.45. The molecule has 2 N–H and O–H groups in total. The van der Waals surface area contributed by atoms with Crippen molar-refractivity contribution >= 4 is 5.96 Å². The first-order valence-electron chi connectivity index (χ1n) is 9.45. The summed E-state index contributed by atoms with van der Waals surface area (Å²) in [6, 6.07) is 4.14. The lowest BCUT2D eigenvalue weighted by molar-refractivity contribution is 0.188. The second-order valence-corrected chi connectivity index (χ2v) is 6.74. The van der Waals surface area contributed by atoms with Crippen LogP contribution in [0.5, 0.6) is 0 Å². The van der Waals surface area contributed by atoms with Gasteiger partial charge in [0.2, 0.25) is 0 Å². The number of hydrogen-bond donors (Lipinski definition) is 2. The van der Waals surface area contributed by atoms with Gasteiger partial charge in [-0.25, -0.2) is 0 Å². The number of nitrogens with one attached hydrogen (secondary N) is 2. The summed E-state index contributed by atoms with van der Waals surface area (Å²) < 4.78 is 5.69. The van der Waals surface area contributed by atoms with E-state index >= 15 is 0 Å². The van der Waals surface area contributed by atoms with Crippen LogP contribution in [0.25, 0.3) is 0 Å². The van der Waals surface area contributed by atoms with Crippen LogP contribution in [0.3, 0.4) is 0 Å². The Bertz CT molecular complexity index is 503. The predicted octanol–water partition coefficient (Wildman–Crippen LogP) is 3.33. The minimum atomic E-state index is 0.115. The molecule has 2 rings (SSSR count). The molecule has 136 valence electrons. The normalized spacial score (nSPS) is 18.6. The van der Waals surface area contributed by atoms with Crippen LogP contribution in [-0.4, -0.2) is 43.6 Å². The van der Waals surface area contributed by atoms with Crippen molar-refractivity contribution in [2.45, 2.75) is 53.0 Å². The quantitative estimate of drug-likeness (QED) is 0.593. The smallest absolute Gasteiger partial charge is 0.191 e. The van der Waals surface area contributed by atoms with Crippen molar-refractivity contribution in [2.75, 3.05) is 32.7 Å². The van der Waals surface area contributed by atoms with Gasteiger partial charge in [-0.05, 0) is 77.7 Å². The van der Waals surface area contributed by atoms with Crippen LogP contribution in [0.15, 0.2) is 21.5 Å². The van der Waals surface area contributed by atoms with E-state index < -0.39 is 0 Å². The molecule has 0 radical (unpaired) electrons. The number of aryl methyl sites for hydroxylation is 1. The Kier molecular flexibility index (Phi) is 7.63. The van der Waals surface area contributed by atoms with Crippen LogP contribution < -0.4 is 10.6 Å². The molecular formula is C19H34N4O. The number of furan rings is 1. The highest BCUT2D eigenvalue weighted by molar-refractivity contribution is 5.80. The van der Waals surface area contributed by atoms with E-state index in [0.29, 0.717) is 0 Å². The Balaban J connectivity index is 1.80. The van der Waals surface area contributed by atoms with Crippen molar-refractivity contribution in [3.8, 4) is 0 Å². The molecule has 0 spiro atoms. The standard InChI is InChI=1S/C19H34N4O/c1-5-20-19(22-16(4)18-8-7-15(3)24-18)21-12-9-17-10-13-23(6-2)14-11-17/h7-8,16-17H,5-6,9-14H2,1-4H3,(H2,20,21,22). The van der Waals surface area contributed by atoms with Gasteiger partial charge in [0, 0.05) is 13.1 Å². The van der Waals surface area contributed by atoms with Crippen LogP contribution in [0.4, 0.5) is 0 Å². The van der Waals surface area contributed by atoms with Crippen molar-refractivity contribution in [3.63, 3.8) is 0 Å². The number of rotatable bonds is 7. The molecule has 1 fully saturated rings. The molecule has 2 heterocycles. The van der Waals surface area contributed by atoms with Crippen LogP contribution in [0.1, 0.15) is 57.6 Å². The third-order valence-corrected chi connectivity index (χ3v) is 4.85. The number of piperidine rings is 1. The minimum Gasteiger partial charge on any atom is -0.464 e. The highest BCUT2D eigenvalue weighted by atomic mass is 16.3. The van der Waals surface area contributed by atoms with Gasteiger partial charge in [-0.3, -0.25) is 4.99 Å². The summed E-state index contributed by atoms with van der Waals surface area (Å²) in [5.74, 6) is 3.60. The van der Waals surface area contributed by atoms with E-state index in [1.807, 2.05) is 19.1 Å². The number of nitrogens with zero attached hydrogens (tertiary/aromatic N) is 2. The van der Waals surface area contributed by atoms with Gasteiger partial charge in [0.15, 0.2) is 5.96 Å². The molecule has 0 aromatic carbocycles. The number of aliphatic imine (C=N–C) groups is 1. The Morgan fingerprint density at radius 1 is 1.33 bits per heavy atom. The van der Waals surface area contributed by atoms with E-state index in [0.717, 1.165) is 36.5 Å². The zero-order chi connectivity index (χ0) is 17.4. The highest BCUT2D eigenvalue weighted by Gasteiger charge is 2.17. The fourth-order valence-electron chi connectivity index (χ4n) is 3.23. The van der Waals surface area contributed by atoms with Crippen molar-refractivity contribution < 1.29 is 4.42 Å². The molecule has 24 heavy (non-hydrogen) atoms. The fourth-order valence-corrected chi connectivity index (χ4v) is 3.23. The van der Waals surface area contributed by atoms with Gasteiger partial charge in [-0.2, -0.15) is 0 Å². The zero-order valence-corrected chi connectivity index (χ0v) is 15.8. The van der Waals surface area contributed by atoms with Crippen LogP contribution in [-0.2, 0) is 0 Å². The van der Waals surface area contributed by atoms with Crippen LogP contribution in [0, 0.1) is 12.8 Å². The second kappa shape index (κ2) is 9.72. The Labute approximate surface area is 146 Å². The molecule has 0 saturated carbocycles. The molecule has 5 heteroatoms. The lowest BCUT2D eigenvalue weighted by Gasteiger charge is -2.30. The van der Waals surface area contributed by atoms with Gasteiger partial charge >= 0.3 is 0 Å². The van der Waals surface area contributed by atoms with Gasteiger partial charge in [-0.15, -0.1) is 0 Å². The van der Waals surface area contributed by atoms with Gasteiger partial charge in [-0.1, -0.05) is 6.92 Å². The monoisotopic (exact) mass is 334 g/mol. The molecule has 5 nitrogen and oxygen atoms in total. The molecule has 0 amide bonds. The Morgan fingerprint density at radius 3 is 2.67 bits per heavy atom. The van der Waals surface area contributed by atoms with E-state index in [1.54, 1.807) is 0 Å². The number of likely N-dealkylation sites (tertiary alicyclic amines) is 1. The summed E-state index contributed by atoms with van der Waals surface area (Å²) in [4.78, 5) is 7.30. The predicted molar refractivity (Wildman–Crippen MR) is 100 cm³/mol. The third kappa shape index (κ3) is 5.86. The molecule has 1 aliphatic heterocycles. The Morgan fingerprint density at radius 2 is 2.08 bits per heavy atom. The second-order valence-electron chi connectivity index (χ2n) is 6.74. The van der Waals surface area contributed by atoms with Crippen molar-refractivity contribution in [2.24, 2.45) is 10.9 Å². The number of hydrogen-bond acceptors (Lipinski definition) is 3. The molecule has 1 saturated heterocycles.